The molecule has 0 amide bonds. The Bertz CT molecular complexity index is 1500. The molecule has 0 radical (unpaired) electrons. The number of carboxylic acid groups (broad SMARTS) is 1. The van der Waals surface area contributed by atoms with Crippen molar-refractivity contribution in [1.29, 1.82) is 0 Å². The van der Waals surface area contributed by atoms with Crippen molar-refractivity contribution in [3.63, 3.8) is 0 Å². The number of hydrogen-bond acceptors (Lipinski definition) is 6. The zero-order chi connectivity index (χ0) is 27.9. The smallest absolute Gasteiger partial charge is 0.418 e. The van der Waals surface area contributed by atoms with Crippen LogP contribution >= 0.6 is 0 Å². The van der Waals surface area contributed by atoms with Crippen LogP contribution in [0.15, 0.2) is 53.6 Å². The summed E-state index contributed by atoms with van der Waals surface area (Å²) in [7, 11) is -4.38. The molecule has 3 heterocycles. The Labute approximate surface area is 216 Å². The summed E-state index contributed by atoms with van der Waals surface area (Å²) in [5.74, 6) is -1.75. The van der Waals surface area contributed by atoms with Gasteiger partial charge in [-0.2, -0.15) is 21.6 Å². The molecule has 2 N–H and O–H groups in total. The van der Waals surface area contributed by atoms with E-state index in [1.807, 2.05) is 6.92 Å². The normalized spacial score (nSPS) is 18.0. The number of nitrogens with zero attached hydrogens (tertiary/aromatic N) is 3. The van der Waals surface area contributed by atoms with Crippen molar-refractivity contribution in [2.45, 2.75) is 37.9 Å². The van der Waals surface area contributed by atoms with Crippen LogP contribution in [0.1, 0.15) is 30.9 Å². The molecule has 3 aromatic rings. The Morgan fingerprint density at radius 3 is 2.53 bits per heavy atom. The maximum atomic E-state index is 14.1. The average Bonchev–Trinajstić information content (AvgIpc) is 3.21. The van der Waals surface area contributed by atoms with E-state index < -0.39 is 55.5 Å². The third-order valence-corrected chi connectivity index (χ3v) is 7.66. The molecule has 0 aliphatic carbocycles. The standard InChI is InChI=1S/C25H24F4N4O4S/c1-15-16(5-3-6-18(15)26)23-17(25(27,28)29)9-10-19(30-23)32-38(36,37)21-8-4-7-20(31-21)33-12-11-24(2,14-33)13-22(34)35/h3-10H,11-14H2,1-2H3,(H,30,32)(H,34,35). The topological polar surface area (TPSA) is 112 Å². The van der Waals surface area contributed by atoms with Crippen molar-refractivity contribution >= 4 is 27.6 Å². The first-order chi connectivity index (χ1) is 17.7. The predicted octanol–water partition coefficient (Wildman–Crippen LogP) is 5.10. The first-order valence-corrected chi connectivity index (χ1v) is 13.0. The van der Waals surface area contributed by atoms with Gasteiger partial charge in [-0.1, -0.05) is 25.1 Å². The highest BCUT2D eigenvalue weighted by atomic mass is 32.2. The van der Waals surface area contributed by atoms with Gasteiger partial charge in [-0.15, -0.1) is 0 Å². The Morgan fingerprint density at radius 1 is 1.13 bits per heavy atom. The number of hydrogen-bond donors (Lipinski definition) is 2. The average molecular weight is 553 g/mol. The van der Waals surface area contributed by atoms with Crippen LogP contribution in [0, 0.1) is 18.2 Å². The van der Waals surface area contributed by atoms with E-state index in [-0.39, 0.29) is 17.5 Å². The summed E-state index contributed by atoms with van der Waals surface area (Å²) in [6.45, 7) is 3.97. The lowest BCUT2D eigenvalue weighted by atomic mass is 9.86. The molecule has 1 fully saturated rings. The van der Waals surface area contributed by atoms with Crippen molar-refractivity contribution in [3.8, 4) is 11.3 Å². The zero-order valence-electron chi connectivity index (χ0n) is 20.4. The van der Waals surface area contributed by atoms with Gasteiger partial charge < -0.3 is 10.0 Å². The number of alkyl halides is 3. The maximum Gasteiger partial charge on any atom is 0.418 e. The van der Waals surface area contributed by atoms with Crippen molar-refractivity contribution in [1.82, 2.24) is 9.97 Å². The fourth-order valence-corrected chi connectivity index (χ4v) is 5.43. The zero-order valence-corrected chi connectivity index (χ0v) is 21.2. The quantitative estimate of drug-likeness (QED) is 0.392. The van der Waals surface area contributed by atoms with Gasteiger partial charge in [-0.3, -0.25) is 9.52 Å². The van der Waals surface area contributed by atoms with E-state index in [4.69, 9.17) is 5.11 Å². The Hall–Kier alpha value is -3.74. The van der Waals surface area contributed by atoms with Gasteiger partial charge in [0.15, 0.2) is 5.03 Å². The molecule has 1 saturated heterocycles. The summed E-state index contributed by atoms with van der Waals surface area (Å²) in [6.07, 6.45) is -4.29. The van der Waals surface area contributed by atoms with Crippen LogP contribution in [0.2, 0.25) is 0 Å². The maximum absolute atomic E-state index is 14.1. The fourth-order valence-electron chi connectivity index (χ4n) is 4.46. The van der Waals surface area contributed by atoms with Crippen LogP contribution in [0.25, 0.3) is 11.3 Å². The molecule has 1 unspecified atom stereocenters. The van der Waals surface area contributed by atoms with Crippen LogP contribution in [-0.2, 0) is 21.0 Å². The van der Waals surface area contributed by atoms with E-state index in [9.17, 15) is 30.8 Å². The van der Waals surface area contributed by atoms with Gasteiger partial charge in [0, 0.05) is 18.7 Å². The molecule has 1 atom stereocenters. The second kappa shape index (κ2) is 9.86. The Kier molecular flexibility index (Phi) is 7.08. The molecule has 0 spiro atoms. The molecule has 0 saturated carbocycles. The van der Waals surface area contributed by atoms with Crippen LogP contribution in [0.5, 0.6) is 0 Å². The van der Waals surface area contributed by atoms with Crippen molar-refractivity contribution < 1.29 is 35.9 Å². The van der Waals surface area contributed by atoms with Crippen molar-refractivity contribution in [2.75, 3.05) is 22.7 Å². The number of aromatic nitrogens is 2. The Morgan fingerprint density at radius 2 is 1.84 bits per heavy atom. The largest absolute Gasteiger partial charge is 0.481 e. The minimum Gasteiger partial charge on any atom is -0.481 e. The number of aliphatic carboxylic acids is 1. The first kappa shape index (κ1) is 27.3. The monoisotopic (exact) mass is 552 g/mol. The number of nitrogens with one attached hydrogen (secondary N) is 1. The highest BCUT2D eigenvalue weighted by Gasteiger charge is 2.37. The van der Waals surface area contributed by atoms with E-state index in [1.54, 1.807) is 11.0 Å². The third-order valence-electron chi connectivity index (χ3n) is 6.41. The van der Waals surface area contributed by atoms with E-state index in [1.165, 1.54) is 31.2 Å². The third kappa shape index (κ3) is 5.72. The highest BCUT2D eigenvalue weighted by molar-refractivity contribution is 7.92. The number of benzene rings is 1. The SMILES string of the molecule is Cc1c(F)cccc1-c1nc(NS(=O)(=O)c2cccc(N3CCC(C)(CC(=O)O)C3)n2)ccc1C(F)(F)F. The molecular weight excluding hydrogens is 528 g/mol. The minimum atomic E-state index is -4.82. The molecular formula is C25H24F4N4O4S. The predicted molar refractivity (Wildman–Crippen MR) is 132 cm³/mol. The number of anilines is 2. The first-order valence-electron chi connectivity index (χ1n) is 11.5. The van der Waals surface area contributed by atoms with E-state index in [2.05, 4.69) is 14.7 Å². The van der Waals surface area contributed by atoms with Gasteiger partial charge in [-0.25, -0.2) is 14.4 Å². The molecule has 2 aromatic heterocycles. The molecule has 8 nitrogen and oxygen atoms in total. The highest BCUT2D eigenvalue weighted by Crippen LogP contribution is 2.39. The number of carbonyl (C=O) groups is 1. The summed E-state index contributed by atoms with van der Waals surface area (Å²) in [4.78, 5) is 21.1. The number of sulfonamides is 1. The molecule has 0 bridgehead atoms. The number of carboxylic acids is 1. The van der Waals surface area contributed by atoms with Crippen LogP contribution in [0.3, 0.4) is 0 Å². The summed E-state index contributed by atoms with van der Waals surface area (Å²) in [5.41, 5.74) is -2.47. The second-order valence-corrected chi connectivity index (χ2v) is 11.1. The summed E-state index contributed by atoms with van der Waals surface area (Å²) in [5, 5.41) is 8.76. The number of halogens is 4. The minimum absolute atomic E-state index is 0.0459. The number of rotatable bonds is 7. The second-order valence-electron chi connectivity index (χ2n) is 9.50. The van der Waals surface area contributed by atoms with Gasteiger partial charge >= 0.3 is 12.1 Å². The molecule has 1 aliphatic rings. The lowest BCUT2D eigenvalue weighted by Crippen LogP contribution is -2.28. The summed E-state index contributed by atoms with van der Waals surface area (Å²) < 4.78 is 83.6. The number of pyridine rings is 2. The molecule has 1 aliphatic heterocycles. The van der Waals surface area contributed by atoms with E-state index in [0.29, 0.717) is 31.4 Å². The van der Waals surface area contributed by atoms with Crippen LogP contribution in [-0.4, -0.2) is 42.6 Å². The van der Waals surface area contributed by atoms with Gasteiger partial charge in [0.2, 0.25) is 0 Å². The Balaban J connectivity index is 1.65. The van der Waals surface area contributed by atoms with Gasteiger partial charge in [0.25, 0.3) is 10.0 Å². The van der Waals surface area contributed by atoms with E-state index in [0.717, 1.165) is 12.1 Å². The molecule has 1 aromatic carbocycles. The van der Waals surface area contributed by atoms with Gasteiger partial charge in [-0.05, 0) is 54.7 Å². The van der Waals surface area contributed by atoms with Gasteiger partial charge in [0.05, 0.1) is 17.7 Å². The van der Waals surface area contributed by atoms with Gasteiger partial charge in [0.1, 0.15) is 17.5 Å². The fraction of sp³-hybridized carbons (Fsp3) is 0.320. The molecule has 202 valence electrons. The molecule has 4 rings (SSSR count). The lowest BCUT2D eigenvalue weighted by Gasteiger charge is -2.23. The summed E-state index contributed by atoms with van der Waals surface area (Å²) >= 11 is 0. The van der Waals surface area contributed by atoms with Crippen LogP contribution in [0.4, 0.5) is 29.2 Å². The van der Waals surface area contributed by atoms with E-state index >= 15 is 0 Å². The lowest BCUT2D eigenvalue weighted by molar-refractivity contribution is -0.139. The summed E-state index contributed by atoms with van der Waals surface area (Å²) in [6, 6.07) is 9.45. The van der Waals surface area contributed by atoms with Crippen LogP contribution < -0.4 is 9.62 Å². The molecule has 13 heteroatoms. The molecule has 38 heavy (non-hydrogen) atoms. The van der Waals surface area contributed by atoms with Crippen molar-refractivity contribution in [2.24, 2.45) is 5.41 Å². The van der Waals surface area contributed by atoms with Crippen molar-refractivity contribution in [3.05, 3.63) is 65.5 Å².